The van der Waals surface area contributed by atoms with Gasteiger partial charge in [-0.05, 0) is 30.5 Å². The summed E-state index contributed by atoms with van der Waals surface area (Å²) in [6, 6.07) is 16.1. The molecule has 1 aliphatic carbocycles. The lowest BCUT2D eigenvalue weighted by atomic mass is 9.81. The number of ketones is 1. The summed E-state index contributed by atoms with van der Waals surface area (Å²) in [6.45, 7) is 0.241. The topological polar surface area (TPSA) is 57.7 Å². The molecule has 2 aliphatic rings. The van der Waals surface area contributed by atoms with Crippen molar-refractivity contribution in [3.63, 3.8) is 0 Å². The minimum absolute atomic E-state index is 0.000200. The summed E-state index contributed by atoms with van der Waals surface area (Å²) in [5.41, 5.74) is 1.47. The SMILES string of the molecule is O=C(CN1C(=O)N(Cc2ccccc2)C(=O)C2CCCCC21)c1ccc(Br)cc1. The molecule has 2 aromatic rings. The van der Waals surface area contributed by atoms with E-state index in [4.69, 9.17) is 0 Å². The smallest absolute Gasteiger partial charge is 0.313 e. The van der Waals surface area contributed by atoms with Gasteiger partial charge in [0.15, 0.2) is 5.78 Å². The Morgan fingerprint density at radius 2 is 1.66 bits per heavy atom. The number of carbonyl (C=O) groups excluding carboxylic acids is 3. The number of urea groups is 1. The van der Waals surface area contributed by atoms with E-state index in [2.05, 4.69) is 15.9 Å². The third kappa shape index (κ3) is 4.13. The summed E-state index contributed by atoms with van der Waals surface area (Å²) in [7, 11) is 0. The van der Waals surface area contributed by atoms with Gasteiger partial charge in [-0.15, -0.1) is 0 Å². The first-order chi connectivity index (χ1) is 14.0. The predicted molar refractivity (Wildman–Crippen MR) is 113 cm³/mol. The summed E-state index contributed by atoms with van der Waals surface area (Å²) < 4.78 is 0.898. The molecule has 0 bridgehead atoms. The second-order valence-corrected chi connectivity index (χ2v) is 8.62. The van der Waals surface area contributed by atoms with E-state index in [-0.39, 0.29) is 42.8 Å². The minimum Gasteiger partial charge on any atom is -0.313 e. The molecule has 1 saturated carbocycles. The fourth-order valence-electron chi connectivity index (χ4n) is 4.34. The van der Waals surface area contributed by atoms with Gasteiger partial charge in [0, 0.05) is 16.1 Å². The highest BCUT2D eigenvalue weighted by atomic mass is 79.9. The Labute approximate surface area is 178 Å². The van der Waals surface area contributed by atoms with E-state index in [1.807, 2.05) is 42.5 Å². The van der Waals surface area contributed by atoms with Crippen LogP contribution in [-0.2, 0) is 11.3 Å². The maximum Gasteiger partial charge on any atom is 0.327 e. The van der Waals surface area contributed by atoms with Crippen LogP contribution in [0.3, 0.4) is 0 Å². The first-order valence-electron chi connectivity index (χ1n) is 9.99. The number of carbonyl (C=O) groups is 3. The highest BCUT2D eigenvalue weighted by Gasteiger charge is 2.47. The number of imide groups is 1. The number of halogens is 1. The van der Waals surface area contributed by atoms with Crippen LogP contribution in [0.2, 0.25) is 0 Å². The van der Waals surface area contributed by atoms with E-state index in [0.717, 1.165) is 35.7 Å². The van der Waals surface area contributed by atoms with Crippen LogP contribution in [0.4, 0.5) is 4.79 Å². The van der Waals surface area contributed by atoms with Gasteiger partial charge in [-0.2, -0.15) is 0 Å². The third-order valence-corrected chi connectivity index (χ3v) is 6.38. The van der Waals surface area contributed by atoms with Crippen molar-refractivity contribution < 1.29 is 14.4 Å². The molecule has 2 fully saturated rings. The van der Waals surface area contributed by atoms with Crippen LogP contribution in [0.25, 0.3) is 0 Å². The molecule has 4 rings (SSSR count). The van der Waals surface area contributed by atoms with Crippen LogP contribution < -0.4 is 0 Å². The van der Waals surface area contributed by atoms with E-state index >= 15 is 0 Å². The molecule has 2 atom stereocenters. The van der Waals surface area contributed by atoms with E-state index in [9.17, 15) is 14.4 Å². The maximum absolute atomic E-state index is 13.3. The van der Waals surface area contributed by atoms with Crippen LogP contribution in [0, 0.1) is 5.92 Å². The Morgan fingerprint density at radius 3 is 2.38 bits per heavy atom. The van der Waals surface area contributed by atoms with Crippen LogP contribution in [0.5, 0.6) is 0 Å². The van der Waals surface area contributed by atoms with Gasteiger partial charge in [-0.25, -0.2) is 4.79 Å². The van der Waals surface area contributed by atoms with Gasteiger partial charge in [0.25, 0.3) is 0 Å². The Bertz CT molecular complexity index is 913. The molecule has 2 aromatic carbocycles. The van der Waals surface area contributed by atoms with Crippen molar-refractivity contribution >= 4 is 33.7 Å². The summed E-state index contributed by atoms with van der Waals surface area (Å²) in [4.78, 5) is 42.2. The number of Topliss-reactive ketones (excluding diaryl/α,β-unsaturated/α-hetero) is 1. The molecule has 5 nitrogen and oxygen atoms in total. The normalized spacial score (nSPS) is 21.8. The zero-order valence-electron chi connectivity index (χ0n) is 16.1. The molecule has 0 spiro atoms. The van der Waals surface area contributed by atoms with Crippen LogP contribution in [0.1, 0.15) is 41.6 Å². The average molecular weight is 455 g/mol. The number of amides is 3. The quantitative estimate of drug-likeness (QED) is 0.617. The second-order valence-electron chi connectivity index (χ2n) is 7.71. The van der Waals surface area contributed by atoms with Crippen molar-refractivity contribution in [3.05, 3.63) is 70.2 Å². The lowest BCUT2D eigenvalue weighted by molar-refractivity contribution is -0.140. The fraction of sp³-hybridized carbons (Fsp3) is 0.348. The summed E-state index contributed by atoms with van der Waals surface area (Å²) >= 11 is 3.37. The Morgan fingerprint density at radius 1 is 0.966 bits per heavy atom. The molecule has 0 N–H and O–H groups in total. The largest absolute Gasteiger partial charge is 0.327 e. The first kappa shape index (κ1) is 19.8. The molecule has 150 valence electrons. The molecule has 0 aromatic heterocycles. The van der Waals surface area contributed by atoms with Gasteiger partial charge in [0.05, 0.1) is 19.0 Å². The molecule has 2 unspecified atom stereocenters. The van der Waals surface area contributed by atoms with Gasteiger partial charge < -0.3 is 4.90 Å². The van der Waals surface area contributed by atoms with E-state index in [1.54, 1.807) is 17.0 Å². The zero-order chi connectivity index (χ0) is 20.4. The van der Waals surface area contributed by atoms with Crippen LogP contribution in [0.15, 0.2) is 59.1 Å². The van der Waals surface area contributed by atoms with E-state index < -0.39 is 0 Å². The van der Waals surface area contributed by atoms with Crippen molar-refractivity contribution in [2.75, 3.05) is 6.54 Å². The molecule has 29 heavy (non-hydrogen) atoms. The van der Waals surface area contributed by atoms with Crippen molar-refractivity contribution in [3.8, 4) is 0 Å². The lowest BCUT2D eigenvalue weighted by Gasteiger charge is -2.46. The summed E-state index contributed by atoms with van der Waals surface area (Å²) in [6.07, 6.45) is 3.50. The fourth-order valence-corrected chi connectivity index (χ4v) is 4.61. The molecule has 0 radical (unpaired) electrons. The van der Waals surface area contributed by atoms with Gasteiger partial charge in [0.2, 0.25) is 5.91 Å². The monoisotopic (exact) mass is 454 g/mol. The Hall–Kier alpha value is -2.47. The number of nitrogens with zero attached hydrogens (tertiary/aromatic N) is 2. The molecule has 3 amide bonds. The second kappa shape index (κ2) is 8.49. The highest BCUT2D eigenvalue weighted by Crippen LogP contribution is 2.35. The molecule has 1 saturated heterocycles. The third-order valence-electron chi connectivity index (χ3n) is 5.85. The standard InChI is InChI=1S/C23H23BrN2O3/c24-18-12-10-17(11-13-18)21(27)15-25-20-9-5-4-8-19(20)22(28)26(23(25)29)14-16-6-2-1-3-7-16/h1-3,6-7,10-13,19-20H,4-5,8-9,14-15H2. The van der Waals surface area contributed by atoms with Crippen molar-refractivity contribution in [1.29, 1.82) is 0 Å². The average Bonchev–Trinajstić information content (AvgIpc) is 2.75. The van der Waals surface area contributed by atoms with Crippen LogP contribution >= 0.6 is 15.9 Å². The van der Waals surface area contributed by atoms with Gasteiger partial charge in [-0.1, -0.05) is 71.2 Å². The first-order valence-corrected chi connectivity index (χ1v) is 10.8. The maximum atomic E-state index is 13.3. The van der Waals surface area contributed by atoms with Crippen molar-refractivity contribution in [1.82, 2.24) is 9.80 Å². The molecular weight excluding hydrogens is 432 g/mol. The van der Waals surface area contributed by atoms with Crippen molar-refractivity contribution in [2.24, 2.45) is 5.92 Å². The molecule has 1 heterocycles. The van der Waals surface area contributed by atoms with Gasteiger partial charge in [-0.3, -0.25) is 14.5 Å². The number of hydrogen-bond donors (Lipinski definition) is 0. The Balaban J connectivity index is 1.59. The summed E-state index contributed by atoms with van der Waals surface area (Å²) in [5.74, 6) is -0.428. The van der Waals surface area contributed by atoms with E-state index in [0.29, 0.717) is 5.56 Å². The van der Waals surface area contributed by atoms with Gasteiger partial charge >= 0.3 is 6.03 Å². The molecule has 1 aliphatic heterocycles. The number of fused-ring (bicyclic) bond motifs is 1. The number of rotatable bonds is 5. The zero-order valence-corrected chi connectivity index (χ0v) is 17.7. The number of hydrogen-bond acceptors (Lipinski definition) is 3. The highest BCUT2D eigenvalue weighted by molar-refractivity contribution is 9.10. The van der Waals surface area contributed by atoms with Crippen LogP contribution in [-0.4, -0.2) is 40.1 Å². The van der Waals surface area contributed by atoms with E-state index in [1.165, 1.54) is 4.90 Å². The predicted octanol–water partition coefficient (Wildman–Crippen LogP) is 4.66. The Kier molecular flexibility index (Phi) is 5.81. The molecular formula is C23H23BrN2O3. The van der Waals surface area contributed by atoms with Gasteiger partial charge in [0.1, 0.15) is 0 Å². The molecule has 6 heteroatoms. The number of benzene rings is 2. The lowest BCUT2D eigenvalue weighted by Crippen LogP contribution is -2.63. The minimum atomic E-state index is -0.354. The van der Waals surface area contributed by atoms with Crippen molar-refractivity contribution in [2.45, 2.75) is 38.3 Å². The summed E-state index contributed by atoms with van der Waals surface area (Å²) in [5, 5.41) is 0.